The van der Waals surface area contributed by atoms with Gasteiger partial charge in [0.1, 0.15) is 5.82 Å². The number of para-hydroxylation sites is 1. The molecular formula is C23H23FN2. The Morgan fingerprint density at radius 2 is 1.69 bits per heavy atom. The zero-order chi connectivity index (χ0) is 17.9. The molecule has 1 N–H and O–H groups in total. The predicted molar refractivity (Wildman–Crippen MR) is 107 cm³/mol. The van der Waals surface area contributed by atoms with E-state index in [1.165, 1.54) is 33.4 Å². The molecule has 0 aliphatic rings. The highest BCUT2D eigenvalue weighted by atomic mass is 19.1. The second kappa shape index (κ2) is 7.30. The second-order valence-corrected chi connectivity index (χ2v) is 6.67. The molecule has 0 aliphatic heterocycles. The Balaban J connectivity index is 1.50. The molecule has 2 nitrogen and oxygen atoms in total. The van der Waals surface area contributed by atoms with Crippen LogP contribution >= 0.6 is 0 Å². The van der Waals surface area contributed by atoms with E-state index in [1.807, 2.05) is 6.07 Å². The maximum absolute atomic E-state index is 13.2. The second-order valence-electron chi connectivity index (χ2n) is 6.67. The van der Waals surface area contributed by atoms with Crippen molar-refractivity contribution < 1.29 is 4.39 Å². The number of halogens is 1. The van der Waals surface area contributed by atoms with Gasteiger partial charge in [-0.1, -0.05) is 36.4 Å². The smallest absolute Gasteiger partial charge is 0.123 e. The standard InChI is InChI=1S/C23H23FN2/c1-2-26-22-9-4-3-8-20(22)21-15-18(10-11-23(21)26)16-25-13-12-17-6-5-7-19(24)14-17/h3-11,14-15,25H,2,12-13,16H2,1H3. The van der Waals surface area contributed by atoms with Crippen LogP contribution in [-0.4, -0.2) is 11.1 Å². The van der Waals surface area contributed by atoms with Crippen molar-refractivity contribution in [2.45, 2.75) is 26.4 Å². The van der Waals surface area contributed by atoms with Crippen molar-refractivity contribution >= 4 is 21.8 Å². The van der Waals surface area contributed by atoms with Crippen LogP contribution in [0.3, 0.4) is 0 Å². The first-order valence-electron chi connectivity index (χ1n) is 9.21. The molecule has 3 aromatic carbocycles. The Morgan fingerprint density at radius 1 is 0.846 bits per heavy atom. The van der Waals surface area contributed by atoms with Crippen molar-refractivity contribution in [2.24, 2.45) is 0 Å². The maximum atomic E-state index is 13.2. The molecule has 0 spiro atoms. The molecule has 0 saturated heterocycles. The highest BCUT2D eigenvalue weighted by Crippen LogP contribution is 2.29. The van der Waals surface area contributed by atoms with Crippen molar-refractivity contribution in [3.63, 3.8) is 0 Å². The van der Waals surface area contributed by atoms with E-state index in [0.717, 1.165) is 31.6 Å². The highest BCUT2D eigenvalue weighted by Gasteiger charge is 2.09. The zero-order valence-electron chi connectivity index (χ0n) is 15.0. The van der Waals surface area contributed by atoms with Gasteiger partial charge in [-0.2, -0.15) is 0 Å². The Kier molecular flexibility index (Phi) is 4.72. The van der Waals surface area contributed by atoms with Crippen LogP contribution in [0.25, 0.3) is 21.8 Å². The van der Waals surface area contributed by atoms with Crippen molar-refractivity contribution in [2.75, 3.05) is 6.54 Å². The normalized spacial score (nSPS) is 11.5. The Morgan fingerprint density at radius 3 is 2.54 bits per heavy atom. The monoisotopic (exact) mass is 346 g/mol. The summed E-state index contributed by atoms with van der Waals surface area (Å²) in [5, 5.41) is 6.10. The molecule has 0 aliphatic carbocycles. The van der Waals surface area contributed by atoms with Gasteiger partial charge in [-0.15, -0.1) is 0 Å². The average Bonchev–Trinajstić information content (AvgIpc) is 2.98. The molecule has 4 aromatic rings. The molecule has 0 amide bonds. The topological polar surface area (TPSA) is 17.0 Å². The lowest BCUT2D eigenvalue weighted by Gasteiger charge is -2.07. The molecule has 0 unspecified atom stereocenters. The van der Waals surface area contributed by atoms with E-state index in [1.54, 1.807) is 12.1 Å². The number of hydrogen-bond acceptors (Lipinski definition) is 1. The fraction of sp³-hybridized carbons (Fsp3) is 0.217. The minimum Gasteiger partial charge on any atom is -0.341 e. The predicted octanol–water partition coefficient (Wildman–Crippen LogP) is 5.29. The first-order chi connectivity index (χ1) is 12.8. The summed E-state index contributed by atoms with van der Waals surface area (Å²) in [7, 11) is 0. The van der Waals surface area contributed by atoms with Crippen LogP contribution in [0.15, 0.2) is 66.7 Å². The minimum absolute atomic E-state index is 0.166. The Hall–Kier alpha value is -2.65. The molecule has 26 heavy (non-hydrogen) atoms. The van der Waals surface area contributed by atoms with Gasteiger partial charge in [0.15, 0.2) is 0 Å². The van der Waals surface area contributed by atoms with Crippen LogP contribution in [0.2, 0.25) is 0 Å². The number of nitrogens with one attached hydrogen (secondary N) is 1. The lowest BCUT2D eigenvalue weighted by Crippen LogP contribution is -2.16. The molecule has 3 heteroatoms. The van der Waals surface area contributed by atoms with Gasteiger partial charge in [-0.25, -0.2) is 4.39 Å². The summed E-state index contributed by atoms with van der Waals surface area (Å²) in [5.41, 5.74) is 4.88. The summed E-state index contributed by atoms with van der Waals surface area (Å²) in [6.45, 7) is 4.80. The molecule has 0 bridgehead atoms. The van der Waals surface area contributed by atoms with E-state index in [9.17, 15) is 4.39 Å². The van der Waals surface area contributed by atoms with Crippen LogP contribution in [0.1, 0.15) is 18.1 Å². The third kappa shape index (κ3) is 3.23. The fourth-order valence-corrected chi connectivity index (χ4v) is 3.71. The van der Waals surface area contributed by atoms with Crippen LogP contribution in [0, 0.1) is 5.82 Å². The lowest BCUT2D eigenvalue weighted by atomic mass is 10.1. The first kappa shape index (κ1) is 16.8. The third-order valence-electron chi connectivity index (χ3n) is 4.96. The van der Waals surface area contributed by atoms with E-state index >= 15 is 0 Å². The molecule has 0 radical (unpaired) electrons. The molecule has 0 atom stereocenters. The first-order valence-corrected chi connectivity index (χ1v) is 9.21. The quantitative estimate of drug-likeness (QED) is 0.470. The van der Waals surface area contributed by atoms with Gasteiger partial charge in [0.25, 0.3) is 0 Å². The van der Waals surface area contributed by atoms with Gasteiger partial charge in [-0.05, 0) is 61.3 Å². The lowest BCUT2D eigenvalue weighted by molar-refractivity contribution is 0.622. The summed E-state index contributed by atoms with van der Waals surface area (Å²) in [6, 6.07) is 22.1. The van der Waals surface area contributed by atoms with Crippen LogP contribution < -0.4 is 5.32 Å². The van der Waals surface area contributed by atoms with Crippen molar-refractivity contribution in [1.82, 2.24) is 9.88 Å². The number of aryl methyl sites for hydroxylation is 1. The van der Waals surface area contributed by atoms with E-state index in [0.29, 0.717) is 0 Å². The summed E-state index contributed by atoms with van der Waals surface area (Å²) >= 11 is 0. The van der Waals surface area contributed by atoms with Gasteiger partial charge < -0.3 is 9.88 Å². The average molecular weight is 346 g/mol. The molecule has 0 saturated carbocycles. The van der Waals surface area contributed by atoms with Crippen molar-refractivity contribution in [3.05, 3.63) is 83.7 Å². The van der Waals surface area contributed by atoms with Crippen LogP contribution in [0.4, 0.5) is 4.39 Å². The summed E-state index contributed by atoms with van der Waals surface area (Å²) in [4.78, 5) is 0. The molecule has 132 valence electrons. The van der Waals surface area contributed by atoms with Gasteiger partial charge >= 0.3 is 0 Å². The number of benzene rings is 3. The number of aromatic nitrogens is 1. The van der Waals surface area contributed by atoms with E-state index in [-0.39, 0.29) is 5.82 Å². The van der Waals surface area contributed by atoms with Gasteiger partial charge in [-0.3, -0.25) is 0 Å². The van der Waals surface area contributed by atoms with E-state index in [4.69, 9.17) is 0 Å². The molecule has 0 fully saturated rings. The molecule has 1 aromatic heterocycles. The Bertz CT molecular complexity index is 1050. The van der Waals surface area contributed by atoms with Crippen LogP contribution in [-0.2, 0) is 19.5 Å². The van der Waals surface area contributed by atoms with Gasteiger partial charge in [0, 0.05) is 34.9 Å². The van der Waals surface area contributed by atoms with Gasteiger partial charge in [0.05, 0.1) is 0 Å². The maximum Gasteiger partial charge on any atom is 0.123 e. The van der Waals surface area contributed by atoms with Gasteiger partial charge in [0.2, 0.25) is 0 Å². The number of hydrogen-bond donors (Lipinski definition) is 1. The highest BCUT2D eigenvalue weighted by molar-refractivity contribution is 6.08. The number of rotatable bonds is 6. The number of nitrogens with zero attached hydrogens (tertiary/aromatic N) is 1. The zero-order valence-corrected chi connectivity index (χ0v) is 15.0. The summed E-state index contributed by atoms with van der Waals surface area (Å²) in [6.07, 6.45) is 0.829. The van der Waals surface area contributed by atoms with Crippen molar-refractivity contribution in [3.8, 4) is 0 Å². The van der Waals surface area contributed by atoms with Crippen LogP contribution in [0.5, 0.6) is 0 Å². The summed E-state index contributed by atoms with van der Waals surface area (Å²) in [5.74, 6) is -0.166. The largest absolute Gasteiger partial charge is 0.341 e. The van der Waals surface area contributed by atoms with E-state index < -0.39 is 0 Å². The molecular weight excluding hydrogens is 323 g/mol. The Labute approximate surface area is 153 Å². The molecule has 4 rings (SSSR count). The molecule has 1 heterocycles. The summed E-state index contributed by atoms with van der Waals surface area (Å²) < 4.78 is 15.6. The SMILES string of the molecule is CCn1c2ccccc2c2cc(CNCCc3cccc(F)c3)ccc21. The number of fused-ring (bicyclic) bond motifs is 3. The third-order valence-corrected chi connectivity index (χ3v) is 4.96. The van der Waals surface area contributed by atoms with E-state index in [2.05, 4.69) is 59.3 Å². The van der Waals surface area contributed by atoms with Crippen molar-refractivity contribution in [1.29, 1.82) is 0 Å². The fourth-order valence-electron chi connectivity index (χ4n) is 3.71. The minimum atomic E-state index is -0.166.